The lowest BCUT2D eigenvalue weighted by Gasteiger charge is -2.16. The zero-order valence-corrected chi connectivity index (χ0v) is 7.20. The molecule has 0 spiro atoms. The van der Waals surface area contributed by atoms with Crippen LogP contribution in [0.15, 0.2) is 24.3 Å². The van der Waals surface area contributed by atoms with Crippen LogP contribution in [0.2, 0.25) is 0 Å². The van der Waals surface area contributed by atoms with E-state index in [2.05, 4.69) is 29.8 Å². The molecule has 0 aromatic rings. The highest BCUT2D eigenvalue weighted by molar-refractivity contribution is 5.11. The third-order valence-corrected chi connectivity index (χ3v) is 2.47. The van der Waals surface area contributed by atoms with Crippen molar-refractivity contribution in [3.05, 3.63) is 24.3 Å². The highest BCUT2D eigenvalue weighted by Gasteiger charge is 2.18. The Balaban J connectivity index is 1.78. The molecule has 0 saturated carbocycles. The van der Waals surface area contributed by atoms with Gasteiger partial charge in [0, 0.05) is 6.04 Å². The van der Waals surface area contributed by atoms with Crippen LogP contribution in [0.4, 0.5) is 0 Å². The summed E-state index contributed by atoms with van der Waals surface area (Å²) < 4.78 is 0. The molecule has 2 aliphatic rings. The number of nitrogens with one attached hydrogen (secondary N) is 1. The molecule has 2 unspecified atom stereocenters. The van der Waals surface area contributed by atoms with E-state index in [4.69, 9.17) is 4.84 Å². The van der Waals surface area contributed by atoms with Gasteiger partial charge in [0.05, 0.1) is 6.61 Å². The van der Waals surface area contributed by atoms with Gasteiger partial charge in [-0.2, -0.15) is 5.48 Å². The molecule has 2 atom stereocenters. The van der Waals surface area contributed by atoms with Gasteiger partial charge in [0.25, 0.3) is 0 Å². The molecule has 1 aliphatic heterocycles. The Morgan fingerprint density at radius 3 is 3.08 bits per heavy atom. The zero-order valence-electron chi connectivity index (χ0n) is 7.20. The molecule has 12 heavy (non-hydrogen) atoms. The number of hydroxylamine groups is 1. The molecule has 2 heteroatoms. The lowest BCUT2D eigenvalue weighted by atomic mass is 9.93. The average molecular weight is 165 g/mol. The van der Waals surface area contributed by atoms with Gasteiger partial charge in [0.15, 0.2) is 0 Å². The van der Waals surface area contributed by atoms with Crippen molar-refractivity contribution >= 4 is 0 Å². The lowest BCUT2D eigenvalue weighted by molar-refractivity contribution is 0.0851. The summed E-state index contributed by atoms with van der Waals surface area (Å²) in [7, 11) is 0. The standard InChI is InChI=1S/C10H15NO/c1-2-4-9(5-3-1)8-10-6-7-12-11-10/h1-4,9-11H,5-8H2. The van der Waals surface area contributed by atoms with Gasteiger partial charge in [-0.1, -0.05) is 24.3 Å². The lowest BCUT2D eigenvalue weighted by Crippen LogP contribution is -2.23. The van der Waals surface area contributed by atoms with Gasteiger partial charge in [0.2, 0.25) is 0 Å². The first kappa shape index (κ1) is 8.02. The van der Waals surface area contributed by atoms with Crippen molar-refractivity contribution < 1.29 is 4.84 Å². The SMILES string of the molecule is C1=CCC(CC2CCON2)C=C1. The Labute approximate surface area is 73.3 Å². The second-order valence-corrected chi connectivity index (χ2v) is 3.50. The van der Waals surface area contributed by atoms with Crippen LogP contribution in [0.1, 0.15) is 19.3 Å². The maximum atomic E-state index is 5.11. The number of allylic oxidation sites excluding steroid dienone is 4. The third-order valence-electron chi connectivity index (χ3n) is 2.47. The predicted molar refractivity (Wildman–Crippen MR) is 48.5 cm³/mol. The van der Waals surface area contributed by atoms with Gasteiger partial charge in [-0.15, -0.1) is 0 Å². The molecule has 0 aromatic heterocycles. The van der Waals surface area contributed by atoms with Gasteiger partial charge in [0.1, 0.15) is 0 Å². The van der Waals surface area contributed by atoms with E-state index in [1.165, 1.54) is 12.8 Å². The number of hydrogen-bond donors (Lipinski definition) is 1. The summed E-state index contributed by atoms with van der Waals surface area (Å²) in [5.41, 5.74) is 3.05. The van der Waals surface area contributed by atoms with Crippen LogP contribution >= 0.6 is 0 Å². The van der Waals surface area contributed by atoms with Gasteiger partial charge in [-0.05, 0) is 25.2 Å². The Bertz CT molecular complexity index is 192. The summed E-state index contributed by atoms with van der Waals surface area (Å²) in [6.45, 7) is 0.872. The monoisotopic (exact) mass is 165 g/mol. The van der Waals surface area contributed by atoms with Crippen molar-refractivity contribution in [2.45, 2.75) is 25.3 Å². The van der Waals surface area contributed by atoms with Crippen LogP contribution in [-0.4, -0.2) is 12.6 Å². The Kier molecular flexibility index (Phi) is 2.59. The van der Waals surface area contributed by atoms with E-state index in [1.807, 2.05) is 0 Å². The third kappa shape index (κ3) is 1.96. The van der Waals surface area contributed by atoms with Crippen LogP contribution in [0, 0.1) is 5.92 Å². The van der Waals surface area contributed by atoms with Crippen molar-refractivity contribution in [2.75, 3.05) is 6.61 Å². The van der Waals surface area contributed by atoms with Crippen molar-refractivity contribution in [3.8, 4) is 0 Å². The fraction of sp³-hybridized carbons (Fsp3) is 0.600. The summed E-state index contributed by atoms with van der Waals surface area (Å²) in [4.78, 5) is 5.11. The molecule has 0 aromatic carbocycles. The minimum atomic E-state index is 0.575. The van der Waals surface area contributed by atoms with E-state index in [0.717, 1.165) is 13.0 Å². The van der Waals surface area contributed by atoms with Crippen LogP contribution in [0.3, 0.4) is 0 Å². The Hall–Kier alpha value is -0.600. The first-order chi connectivity index (χ1) is 5.95. The smallest absolute Gasteiger partial charge is 0.0698 e. The van der Waals surface area contributed by atoms with Crippen LogP contribution < -0.4 is 5.48 Å². The van der Waals surface area contributed by atoms with Crippen molar-refractivity contribution in [3.63, 3.8) is 0 Å². The maximum Gasteiger partial charge on any atom is 0.0698 e. The van der Waals surface area contributed by atoms with E-state index >= 15 is 0 Å². The van der Waals surface area contributed by atoms with E-state index in [-0.39, 0.29) is 0 Å². The van der Waals surface area contributed by atoms with Crippen molar-refractivity contribution in [1.82, 2.24) is 5.48 Å². The predicted octanol–water partition coefficient (Wildman–Crippen LogP) is 1.80. The molecule has 1 saturated heterocycles. The molecule has 1 aliphatic carbocycles. The maximum absolute atomic E-state index is 5.11. The molecular weight excluding hydrogens is 150 g/mol. The van der Waals surface area contributed by atoms with Gasteiger partial charge < -0.3 is 4.84 Å². The van der Waals surface area contributed by atoms with E-state index in [1.54, 1.807) is 0 Å². The van der Waals surface area contributed by atoms with Gasteiger partial charge >= 0.3 is 0 Å². The average Bonchev–Trinajstić information content (AvgIpc) is 2.59. The Morgan fingerprint density at radius 2 is 2.42 bits per heavy atom. The van der Waals surface area contributed by atoms with E-state index < -0.39 is 0 Å². The minimum Gasteiger partial charge on any atom is -0.301 e. The molecule has 2 rings (SSSR count). The summed E-state index contributed by atoms with van der Waals surface area (Å²) >= 11 is 0. The Morgan fingerprint density at radius 1 is 1.42 bits per heavy atom. The van der Waals surface area contributed by atoms with Crippen LogP contribution in [-0.2, 0) is 4.84 Å². The second-order valence-electron chi connectivity index (χ2n) is 3.50. The van der Waals surface area contributed by atoms with Crippen LogP contribution in [0.25, 0.3) is 0 Å². The highest BCUT2D eigenvalue weighted by Crippen LogP contribution is 2.20. The number of hydrogen-bond acceptors (Lipinski definition) is 2. The van der Waals surface area contributed by atoms with Crippen molar-refractivity contribution in [2.24, 2.45) is 5.92 Å². The van der Waals surface area contributed by atoms with Gasteiger partial charge in [-0.3, -0.25) is 0 Å². The van der Waals surface area contributed by atoms with Gasteiger partial charge in [-0.25, -0.2) is 0 Å². The summed E-state index contributed by atoms with van der Waals surface area (Å²) in [6.07, 6.45) is 12.4. The zero-order chi connectivity index (χ0) is 8.23. The molecule has 1 heterocycles. The quantitative estimate of drug-likeness (QED) is 0.673. The molecule has 66 valence electrons. The molecule has 0 radical (unpaired) electrons. The molecule has 0 bridgehead atoms. The fourth-order valence-electron chi connectivity index (χ4n) is 1.77. The first-order valence-corrected chi connectivity index (χ1v) is 4.66. The summed E-state index contributed by atoms with van der Waals surface area (Å²) in [6, 6.07) is 0.575. The van der Waals surface area contributed by atoms with E-state index in [9.17, 15) is 0 Å². The molecule has 1 fully saturated rings. The van der Waals surface area contributed by atoms with Crippen LogP contribution in [0.5, 0.6) is 0 Å². The molecule has 0 amide bonds. The topological polar surface area (TPSA) is 21.3 Å². The summed E-state index contributed by atoms with van der Waals surface area (Å²) in [5.74, 6) is 0.717. The summed E-state index contributed by atoms with van der Waals surface area (Å²) in [5, 5.41) is 0. The van der Waals surface area contributed by atoms with Crippen molar-refractivity contribution in [1.29, 1.82) is 0 Å². The largest absolute Gasteiger partial charge is 0.301 e. The molecular formula is C10H15NO. The first-order valence-electron chi connectivity index (χ1n) is 4.66. The normalized spacial score (nSPS) is 34.3. The minimum absolute atomic E-state index is 0.575. The second kappa shape index (κ2) is 3.87. The number of rotatable bonds is 2. The molecule has 2 nitrogen and oxygen atoms in total. The van der Waals surface area contributed by atoms with E-state index in [0.29, 0.717) is 12.0 Å². The highest BCUT2D eigenvalue weighted by atomic mass is 16.7. The molecule has 1 N–H and O–H groups in total. The fourth-order valence-corrected chi connectivity index (χ4v) is 1.77.